The van der Waals surface area contributed by atoms with E-state index in [2.05, 4.69) is 13.8 Å². The van der Waals surface area contributed by atoms with Gasteiger partial charge in [0.25, 0.3) is 0 Å². The van der Waals surface area contributed by atoms with Crippen molar-refractivity contribution in [1.29, 1.82) is 0 Å². The summed E-state index contributed by atoms with van der Waals surface area (Å²) in [5, 5.41) is 45.8. The molecule has 0 bridgehead atoms. The van der Waals surface area contributed by atoms with Gasteiger partial charge in [0.15, 0.2) is 11.9 Å². The van der Waals surface area contributed by atoms with E-state index in [-0.39, 0.29) is 39.1 Å². The van der Waals surface area contributed by atoms with Gasteiger partial charge in [0, 0.05) is 12.5 Å². The topological polar surface area (TPSA) is 136 Å². The van der Waals surface area contributed by atoms with E-state index < -0.39 is 11.7 Å². The fourth-order valence-electron chi connectivity index (χ4n) is 1.48. The smallest absolute Gasteiger partial charge is 0.174 e. The van der Waals surface area contributed by atoms with Crippen LogP contribution in [0.4, 0.5) is 0 Å². The van der Waals surface area contributed by atoms with Crippen LogP contribution in [0.1, 0.15) is 30.7 Å². The molecule has 1 aromatic rings. The zero-order chi connectivity index (χ0) is 17.7. The molecular formula is C13H22N2O6Sn. The van der Waals surface area contributed by atoms with E-state index in [1.807, 2.05) is 0 Å². The summed E-state index contributed by atoms with van der Waals surface area (Å²) in [6.45, 7) is 5.39. The monoisotopic (exact) mass is 422 g/mol. The quantitative estimate of drug-likeness (QED) is 0.304. The van der Waals surface area contributed by atoms with Gasteiger partial charge in [-0.15, -0.1) is 6.61 Å². The molecular weight excluding hydrogens is 399 g/mol. The number of nitrogens with zero attached hydrogens (tertiary/aromatic N) is 2. The van der Waals surface area contributed by atoms with E-state index in [9.17, 15) is 10.2 Å². The van der Waals surface area contributed by atoms with Crippen LogP contribution >= 0.6 is 0 Å². The van der Waals surface area contributed by atoms with Crippen LogP contribution in [0.2, 0.25) is 8.87 Å². The summed E-state index contributed by atoms with van der Waals surface area (Å²) in [5.74, 6) is -0.260. The zero-order valence-corrected chi connectivity index (χ0v) is 16.1. The minimum Gasteiger partial charge on any atom is -0.868 e. The first-order valence-electron chi connectivity index (χ1n) is 6.65. The number of aliphatic hydroxyl groups is 1. The van der Waals surface area contributed by atoms with Crippen LogP contribution in [0.15, 0.2) is 6.20 Å². The summed E-state index contributed by atoms with van der Waals surface area (Å²) in [4.78, 5) is 8.25. The minimum atomic E-state index is -1.75. The first-order valence-corrected chi connectivity index (χ1v) is 10.7. The maximum Gasteiger partial charge on any atom is 0.174 e. The molecule has 22 heavy (non-hydrogen) atoms. The van der Waals surface area contributed by atoms with Crippen molar-refractivity contribution in [3.8, 4) is 5.75 Å². The van der Waals surface area contributed by atoms with Gasteiger partial charge in [-0.1, -0.05) is 5.56 Å². The molecule has 0 saturated carbocycles. The molecule has 0 atom stereocenters. The number of hydrogen-bond acceptors (Lipinski definition) is 6. The predicted molar refractivity (Wildman–Crippen MR) is 78.5 cm³/mol. The molecule has 9 heteroatoms. The molecule has 0 amide bonds. The molecule has 0 aliphatic carbocycles. The van der Waals surface area contributed by atoms with Crippen molar-refractivity contribution < 1.29 is 25.0 Å². The van der Waals surface area contributed by atoms with Crippen molar-refractivity contribution in [2.75, 3.05) is 0 Å². The first kappa shape index (κ1) is 23.1. The van der Waals surface area contributed by atoms with Crippen molar-refractivity contribution in [3.05, 3.63) is 38.3 Å². The minimum absolute atomic E-state index is 0.179. The van der Waals surface area contributed by atoms with E-state index in [0.29, 0.717) is 11.3 Å². The van der Waals surface area contributed by atoms with Gasteiger partial charge in [-0.2, -0.15) is 0 Å². The van der Waals surface area contributed by atoms with Crippen LogP contribution in [0.25, 0.3) is 0 Å². The van der Waals surface area contributed by atoms with Crippen LogP contribution in [0.5, 0.6) is 5.75 Å². The third-order valence-corrected chi connectivity index (χ3v) is 5.54. The summed E-state index contributed by atoms with van der Waals surface area (Å²) < 4.78 is 4.65. The molecule has 0 radical (unpaired) electrons. The zero-order valence-electron chi connectivity index (χ0n) is 13.3. The first-order chi connectivity index (χ1) is 10.3. The Kier molecular flexibility index (Phi) is 14.2. The Hall–Kier alpha value is -1.13. The molecule has 0 aliphatic heterocycles. The van der Waals surface area contributed by atoms with E-state index in [0.717, 1.165) is 0 Å². The van der Waals surface area contributed by atoms with Crippen molar-refractivity contribution in [1.82, 2.24) is 0 Å². The molecule has 1 N–H and O–H groups in total. The third kappa shape index (κ3) is 9.74. The van der Waals surface area contributed by atoms with Crippen molar-refractivity contribution in [2.45, 2.75) is 42.9 Å². The van der Waals surface area contributed by atoms with Crippen molar-refractivity contribution >= 4 is 21.1 Å². The Labute approximate surface area is 140 Å². The van der Waals surface area contributed by atoms with Crippen molar-refractivity contribution in [2.24, 2.45) is 7.05 Å². The Bertz CT molecular complexity index is 451. The molecule has 0 saturated heterocycles. The fraction of sp³-hybridized carbons (Fsp3) is 0.615. The molecule has 124 valence electrons. The van der Waals surface area contributed by atoms with Gasteiger partial charge in [-0.3, -0.25) is 0 Å². The Morgan fingerprint density at radius 2 is 1.77 bits per heavy atom. The number of hydrogen-bond donors (Lipinski definition) is 1. The van der Waals surface area contributed by atoms with Crippen LogP contribution in [0.3, 0.4) is 0 Å². The summed E-state index contributed by atoms with van der Waals surface area (Å²) in [6, 6.07) is 0. The van der Waals surface area contributed by atoms with Crippen LogP contribution < -0.4 is 14.8 Å². The second-order valence-corrected chi connectivity index (χ2v) is 9.60. The number of aliphatic hydroxyl groups excluding tert-OH is 1. The van der Waals surface area contributed by atoms with Gasteiger partial charge in [-0.05, 0) is 5.75 Å². The Balaban J connectivity index is 0. The normalized spacial score (nSPS) is 8.82. The van der Waals surface area contributed by atoms with Crippen LogP contribution in [-0.2, 0) is 20.3 Å². The fourth-order valence-corrected chi connectivity index (χ4v) is 2.90. The second kappa shape index (κ2) is 13.5. The molecule has 1 aromatic heterocycles. The van der Waals surface area contributed by atoms with E-state index in [4.69, 9.17) is 20.4 Å². The summed E-state index contributed by atoms with van der Waals surface area (Å²) in [7, 11) is 1.71. The van der Waals surface area contributed by atoms with Gasteiger partial charge >= 0.3 is 43.9 Å². The van der Waals surface area contributed by atoms with Crippen molar-refractivity contribution in [3.63, 3.8) is 0 Å². The summed E-state index contributed by atoms with van der Waals surface area (Å²) in [6.07, 6.45) is 1.62. The summed E-state index contributed by atoms with van der Waals surface area (Å²) in [5.41, 5.74) is 1.12. The molecule has 0 unspecified atom stereocenters. The van der Waals surface area contributed by atoms with E-state index >= 15 is 0 Å². The molecule has 1 heterocycles. The predicted octanol–water partition coefficient (Wildman–Crippen LogP) is -0.426. The molecule has 0 aromatic carbocycles. The molecule has 0 fully saturated rings. The molecule has 0 aliphatic rings. The van der Waals surface area contributed by atoms with Gasteiger partial charge in [-0.25, -0.2) is 4.57 Å². The third-order valence-electron chi connectivity index (χ3n) is 2.68. The maximum atomic E-state index is 11.5. The number of pyridine rings is 1. The van der Waals surface area contributed by atoms with E-state index in [1.165, 1.54) is 8.87 Å². The Morgan fingerprint density at radius 3 is 2.05 bits per heavy atom. The largest absolute Gasteiger partial charge is 0.868 e. The SMILES string of the molecule is C[CH2][Sn+2][CH2]C.Cc1c([O-])c(C[O-])c(CO)c[n+]1C.O=[N+]([O-])[O-]. The molecule has 0 spiro atoms. The number of rotatable bonds is 4. The average Bonchev–Trinajstić information content (AvgIpc) is 2.45. The average molecular weight is 421 g/mol. The van der Waals surface area contributed by atoms with Gasteiger partial charge in [0.1, 0.15) is 7.05 Å². The number of aromatic nitrogens is 1. The number of aryl methyl sites for hydroxylation is 1. The van der Waals surface area contributed by atoms with Gasteiger partial charge in [0.05, 0.1) is 11.7 Å². The molecule has 1 rings (SSSR count). The van der Waals surface area contributed by atoms with Crippen LogP contribution in [-0.4, -0.2) is 31.3 Å². The Morgan fingerprint density at radius 1 is 1.32 bits per heavy atom. The van der Waals surface area contributed by atoms with Gasteiger partial charge < -0.3 is 30.6 Å². The summed E-state index contributed by atoms with van der Waals surface area (Å²) >= 11 is 0.218. The standard InChI is InChI=1S/C9H13NO3.2C2H5.NO3.Sn/c1-6-9(13)8(5-12)7(4-11)3-10(6)2;2*1-2;2-1(3)4;/h3,11,13H,4-5H2,1-2H3;2*1H2,2H3;;/q;;;-1;+2/p-1. The van der Waals surface area contributed by atoms with Crippen LogP contribution in [0, 0.1) is 22.2 Å². The van der Waals surface area contributed by atoms with Gasteiger partial charge in [0.2, 0.25) is 0 Å². The maximum absolute atomic E-state index is 11.5. The van der Waals surface area contributed by atoms with E-state index in [1.54, 1.807) is 24.7 Å². The molecule has 8 nitrogen and oxygen atoms in total. The second-order valence-electron chi connectivity index (χ2n) is 4.14.